The monoisotopic (exact) mass is 373 g/mol. The van der Waals surface area contributed by atoms with E-state index in [1.54, 1.807) is 18.2 Å². The van der Waals surface area contributed by atoms with Crippen LogP contribution in [0.3, 0.4) is 0 Å². The van der Waals surface area contributed by atoms with Crippen LogP contribution in [0.25, 0.3) is 0 Å². The molecule has 0 saturated carbocycles. The molecular formula is C19H17F2N3O3. The maximum atomic E-state index is 13.5. The Labute approximate surface area is 154 Å². The third-order valence-corrected chi connectivity index (χ3v) is 4.38. The number of imide groups is 1. The van der Waals surface area contributed by atoms with Crippen LogP contribution in [0.1, 0.15) is 18.1 Å². The van der Waals surface area contributed by atoms with E-state index < -0.39 is 41.6 Å². The van der Waals surface area contributed by atoms with Gasteiger partial charge in [-0.25, -0.2) is 13.6 Å². The molecule has 4 amide bonds. The number of amides is 4. The van der Waals surface area contributed by atoms with Gasteiger partial charge in [-0.05, 0) is 49.2 Å². The highest BCUT2D eigenvalue weighted by Crippen LogP contribution is 2.29. The number of hydrogen-bond acceptors (Lipinski definition) is 3. The van der Waals surface area contributed by atoms with Crippen molar-refractivity contribution in [1.82, 2.24) is 10.2 Å². The van der Waals surface area contributed by atoms with E-state index in [9.17, 15) is 23.2 Å². The zero-order valence-electron chi connectivity index (χ0n) is 14.7. The lowest BCUT2D eigenvalue weighted by atomic mass is 9.92. The third kappa shape index (κ3) is 3.51. The number of halogens is 2. The quantitative estimate of drug-likeness (QED) is 0.809. The van der Waals surface area contributed by atoms with Crippen LogP contribution in [0.4, 0.5) is 19.3 Å². The summed E-state index contributed by atoms with van der Waals surface area (Å²) in [6, 6.07) is 9.21. The van der Waals surface area contributed by atoms with E-state index in [1.165, 1.54) is 13.0 Å². The zero-order valence-corrected chi connectivity index (χ0v) is 14.7. The SMILES string of the molecule is Cc1cccc(NC(=O)CN2C(=O)N[C@@](C)(c3ccc(F)c(F)c3)C2=O)c1. The highest BCUT2D eigenvalue weighted by atomic mass is 19.2. The van der Waals surface area contributed by atoms with Crippen molar-refractivity contribution in [3.63, 3.8) is 0 Å². The van der Waals surface area contributed by atoms with Crippen molar-refractivity contribution in [2.24, 2.45) is 0 Å². The Morgan fingerprint density at radius 3 is 2.56 bits per heavy atom. The topological polar surface area (TPSA) is 78.5 Å². The van der Waals surface area contributed by atoms with Crippen LogP contribution in [0, 0.1) is 18.6 Å². The van der Waals surface area contributed by atoms with Crippen molar-refractivity contribution in [2.45, 2.75) is 19.4 Å². The summed E-state index contributed by atoms with van der Waals surface area (Å²) in [5.74, 6) is -3.48. The van der Waals surface area contributed by atoms with E-state index >= 15 is 0 Å². The number of aryl methyl sites for hydroxylation is 1. The van der Waals surface area contributed by atoms with E-state index in [-0.39, 0.29) is 5.56 Å². The molecule has 1 heterocycles. The molecule has 0 bridgehead atoms. The molecule has 1 aliphatic heterocycles. The molecule has 1 atom stereocenters. The average Bonchev–Trinajstić information content (AvgIpc) is 2.81. The van der Waals surface area contributed by atoms with Crippen LogP contribution in [0.15, 0.2) is 42.5 Å². The van der Waals surface area contributed by atoms with Crippen LogP contribution < -0.4 is 10.6 Å². The molecule has 140 valence electrons. The van der Waals surface area contributed by atoms with Gasteiger partial charge in [0.05, 0.1) is 0 Å². The normalized spacial score (nSPS) is 19.2. The number of hydrogen-bond donors (Lipinski definition) is 2. The molecule has 27 heavy (non-hydrogen) atoms. The van der Waals surface area contributed by atoms with Gasteiger partial charge in [-0.2, -0.15) is 0 Å². The highest BCUT2D eigenvalue weighted by Gasteiger charge is 2.49. The van der Waals surface area contributed by atoms with Gasteiger partial charge in [0.25, 0.3) is 5.91 Å². The first-order valence-corrected chi connectivity index (χ1v) is 8.17. The molecule has 0 radical (unpaired) electrons. The predicted molar refractivity (Wildman–Crippen MR) is 93.8 cm³/mol. The Hall–Kier alpha value is -3.29. The Morgan fingerprint density at radius 2 is 1.89 bits per heavy atom. The van der Waals surface area contributed by atoms with Crippen LogP contribution in [-0.4, -0.2) is 29.3 Å². The fourth-order valence-corrected chi connectivity index (χ4v) is 2.91. The summed E-state index contributed by atoms with van der Waals surface area (Å²) in [5, 5.41) is 5.05. The fraction of sp³-hybridized carbons (Fsp3) is 0.211. The van der Waals surface area contributed by atoms with Gasteiger partial charge in [-0.3, -0.25) is 14.5 Å². The van der Waals surface area contributed by atoms with E-state index in [4.69, 9.17) is 0 Å². The zero-order chi connectivity index (χ0) is 19.8. The third-order valence-electron chi connectivity index (χ3n) is 4.38. The summed E-state index contributed by atoms with van der Waals surface area (Å²) in [7, 11) is 0. The number of urea groups is 1. The van der Waals surface area contributed by atoms with Gasteiger partial charge in [0.1, 0.15) is 12.1 Å². The van der Waals surface area contributed by atoms with Gasteiger partial charge in [-0.1, -0.05) is 18.2 Å². The Kier molecular flexibility index (Phi) is 4.65. The second-order valence-electron chi connectivity index (χ2n) is 6.49. The van der Waals surface area contributed by atoms with E-state index in [0.29, 0.717) is 5.69 Å². The number of carbonyl (C=O) groups excluding carboxylic acids is 3. The van der Waals surface area contributed by atoms with Crippen molar-refractivity contribution < 1.29 is 23.2 Å². The number of nitrogens with zero attached hydrogens (tertiary/aromatic N) is 1. The lowest BCUT2D eigenvalue weighted by Gasteiger charge is -2.22. The summed E-state index contributed by atoms with van der Waals surface area (Å²) in [5.41, 5.74) is -0.0274. The van der Waals surface area contributed by atoms with Gasteiger partial charge in [0.15, 0.2) is 11.6 Å². The van der Waals surface area contributed by atoms with Crippen molar-refractivity contribution >= 4 is 23.5 Å². The number of anilines is 1. The molecule has 8 heteroatoms. The molecule has 2 aromatic carbocycles. The summed E-state index contributed by atoms with van der Waals surface area (Å²) in [4.78, 5) is 37.9. The van der Waals surface area contributed by atoms with Crippen molar-refractivity contribution in [1.29, 1.82) is 0 Å². The minimum Gasteiger partial charge on any atom is -0.325 e. The van der Waals surface area contributed by atoms with Crippen molar-refractivity contribution in [3.05, 3.63) is 65.2 Å². The largest absolute Gasteiger partial charge is 0.325 e. The smallest absolute Gasteiger partial charge is 0.325 e. The number of benzene rings is 2. The van der Waals surface area contributed by atoms with E-state index in [0.717, 1.165) is 22.6 Å². The van der Waals surface area contributed by atoms with Crippen LogP contribution in [0.2, 0.25) is 0 Å². The lowest BCUT2D eigenvalue weighted by molar-refractivity contribution is -0.133. The summed E-state index contributed by atoms with van der Waals surface area (Å²) < 4.78 is 26.7. The minimum absolute atomic E-state index is 0.0846. The highest BCUT2D eigenvalue weighted by molar-refractivity contribution is 6.10. The van der Waals surface area contributed by atoms with Gasteiger partial charge in [0, 0.05) is 5.69 Å². The second-order valence-corrected chi connectivity index (χ2v) is 6.49. The number of carbonyl (C=O) groups is 3. The van der Waals surface area contributed by atoms with E-state index in [2.05, 4.69) is 10.6 Å². The molecule has 2 N–H and O–H groups in total. The van der Waals surface area contributed by atoms with E-state index in [1.807, 2.05) is 13.0 Å². The molecule has 3 rings (SSSR count). The molecule has 0 unspecified atom stereocenters. The summed E-state index contributed by atoms with van der Waals surface area (Å²) >= 11 is 0. The molecule has 2 aromatic rings. The molecule has 0 aliphatic carbocycles. The molecule has 0 aromatic heterocycles. The first kappa shape index (κ1) is 18.5. The Morgan fingerprint density at radius 1 is 1.15 bits per heavy atom. The van der Waals surface area contributed by atoms with Gasteiger partial charge in [0.2, 0.25) is 5.91 Å². The molecular weight excluding hydrogens is 356 g/mol. The molecule has 1 saturated heterocycles. The van der Waals surface area contributed by atoms with Gasteiger partial charge >= 0.3 is 6.03 Å². The second kappa shape index (κ2) is 6.79. The first-order chi connectivity index (χ1) is 12.7. The molecule has 1 fully saturated rings. The van der Waals surface area contributed by atoms with Crippen LogP contribution in [0.5, 0.6) is 0 Å². The van der Waals surface area contributed by atoms with Crippen molar-refractivity contribution in [3.8, 4) is 0 Å². The number of nitrogens with one attached hydrogen (secondary N) is 2. The minimum atomic E-state index is -1.59. The molecule has 6 nitrogen and oxygen atoms in total. The van der Waals surface area contributed by atoms with Crippen LogP contribution >= 0.6 is 0 Å². The Balaban J connectivity index is 1.77. The first-order valence-electron chi connectivity index (χ1n) is 8.17. The van der Waals surface area contributed by atoms with Crippen LogP contribution in [-0.2, 0) is 15.1 Å². The molecule has 1 aliphatic rings. The average molecular weight is 373 g/mol. The summed E-state index contributed by atoms with van der Waals surface area (Å²) in [6.45, 7) is 2.73. The van der Waals surface area contributed by atoms with Gasteiger partial charge in [-0.15, -0.1) is 0 Å². The standard InChI is InChI=1S/C19H17F2N3O3/c1-11-4-3-5-13(8-11)22-16(25)10-24-17(26)19(2,23-18(24)27)12-6-7-14(20)15(21)9-12/h3-9H,10H2,1-2H3,(H,22,25)(H,23,27)/t19-/m0/s1. The maximum absolute atomic E-state index is 13.5. The maximum Gasteiger partial charge on any atom is 0.325 e. The molecule has 0 spiro atoms. The summed E-state index contributed by atoms with van der Waals surface area (Å²) in [6.07, 6.45) is 0. The van der Waals surface area contributed by atoms with Crippen molar-refractivity contribution in [2.75, 3.05) is 11.9 Å². The number of rotatable bonds is 4. The fourth-order valence-electron chi connectivity index (χ4n) is 2.91. The lowest BCUT2D eigenvalue weighted by Crippen LogP contribution is -2.42. The predicted octanol–water partition coefficient (Wildman–Crippen LogP) is 2.68. The van der Waals surface area contributed by atoms with Gasteiger partial charge < -0.3 is 10.6 Å². The Bertz CT molecular complexity index is 948.